The number of methoxy groups -OCH3 is 1. The van der Waals surface area contributed by atoms with Gasteiger partial charge in [-0.2, -0.15) is 0 Å². The Kier molecular flexibility index (Phi) is 3.57. The predicted molar refractivity (Wildman–Crippen MR) is 57.9 cm³/mol. The summed E-state index contributed by atoms with van der Waals surface area (Å²) in [6, 6.07) is 0. The molecule has 2 atom stereocenters. The maximum absolute atomic E-state index is 11.9. The minimum absolute atomic E-state index is 0.102. The van der Waals surface area contributed by atoms with Crippen LogP contribution < -0.4 is 0 Å². The van der Waals surface area contributed by atoms with Crippen molar-refractivity contribution in [3.63, 3.8) is 0 Å². The first-order valence-corrected chi connectivity index (χ1v) is 5.30. The quantitative estimate of drug-likeness (QED) is 0.743. The molecule has 0 aliphatic heterocycles. The maximum atomic E-state index is 11.9. The molecular weight excluding hydrogens is 210 g/mol. The Balaban J connectivity index is 2.60. The Morgan fingerprint density at radius 1 is 1.38 bits per heavy atom. The second kappa shape index (κ2) is 4.41. The van der Waals surface area contributed by atoms with Crippen LogP contribution in [0, 0.1) is 17.3 Å². The predicted octanol–water partition coefficient (Wildman–Crippen LogP) is 0.448. The highest BCUT2D eigenvalue weighted by Gasteiger charge is 2.66. The molecule has 1 aliphatic carbocycles. The van der Waals surface area contributed by atoms with Crippen LogP contribution in [0.4, 0.5) is 0 Å². The zero-order chi connectivity index (χ0) is 12.5. The molecule has 0 unspecified atom stereocenters. The van der Waals surface area contributed by atoms with Crippen LogP contribution in [0.2, 0.25) is 0 Å². The van der Waals surface area contributed by atoms with Gasteiger partial charge in [-0.1, -0.05) is 13.8 Å². The van der Waals surface area contributed by atoms with Crippen molar-refractivity contribution >= 4 is 11.9 Å². The molecule has 0 radical (unpaired) electrons. The average Bonchev–Trinajstić information content (AvgIpc) is 2.76. The third-order valence-electron chi connectivity index (χ3n) is 3.37. The number of ether oxygens (including phenoxy) is 1. The lowest BCUT2D eigenvalue weighted by atomic mass is 10.1. The number of carbonyl (C=O) groups is 2. The monoisotopic (exact) mass is 229 g/mol. The highest BCUT2D eigenvalue weighted by molar-refractivity contribution is 5.91. The molecule has 0 aromatic heterocycles. The maximum Gasteiger partial charge on any atom is 0.307 e. The van der Waals surface area contributed by atoms with Gasteiger partial charge in [-0.15, -0.1) is 0 Å². The lowest BCUT2D eigenvalue weighted by Crippen LogP contribution is -2.32. The largest absolute Gasteiger partial charge is 0.481 e. The van der Waals surface area contributed by atoms with Crippen molar-refractivity contribution < 1.29 is 19.4 Å². The van der Waals surface area contributed by atoms with Crippen LogP contribution in [-0.4, -0.2) is 49.2 Å². The summed E-state index contributed by atoms with van der Waals surface area (Å²) < 4.78 is 4.88. The van der Waals surface area contributed by atoms with Crippen molar-refractivity contribution in [2.24, 2.45) is 17.3 Å². The van der Waals surface area contributed by atoms with E-state index >= 15 is 0 Å². The van der Waals surface area contributed by atoms with Crippen LogP contribution in [-0.2, 0) is 14.3 Å². The number of carboxylic acid groups (broad SMARTS) is 1. The fraction of sp³-hybridized carbons (Fsp3) is 0.818. The normalized spacial score (nSPS) is 26.2. The zero-order valence-corrected chi connectivity index (χ0v) is 10.2. The molecule has 1 N–H and O–H groups in total. The van der Waals surface area contributed by atoms with Crippen LogP contribution in [0.3, 0.4) is 0 Å². The minimum Gasteiger partial charge on any atom is -0.481 e. The van der Waals surface area contributed by atoms with Crippen molar-refractivity contribution in [1.29, 1.82) is 0 Å². The van der Waals surface area contributed by atoms with E-state index < -0.39 is 23.2 Å². The fourth-order valence-corrected chi connectivity index (χ4v) is 2.14. The molecule has 1 rings (SSSR count). The smallest absolute Gasteiger partial charge is 0.307 e. The zero-order valence-electron chi connectivity index (χ0n) is 10.2. The summed E-state index contributed by atoms with van der Waals surface area (Å²) in [5.74, 6) is -1.94. The van der Waals surface area contributed by atoms with Gasteiger partial charge in [-0.25, -0.2) is 0 Å². The van der Waals surface area contributed by atoms with E-state index in [-0.39, 0.29) is 5.91 Å². The van der Waals surface area contributed by atoms with Crippen LogP contribution in [0.5, 0.6) is 0 Å². The van der Waals surface area contributed by atoms with Gasteiger partial charge in [0.1, 0.15) is 0 Å². The van der Waals surface area contributed by atoms with Crippen molar-refractivity contribution in [1.82, 2.24) is 4.90 Å². The number of amides is 1. The molecule has 0 spiro atoms. The highest BCUT2D eigenvalue weighted by atomic mass is 16.5. The SMILES string of the molecule is COCCN(C)C(=O)[C@H]1[C@@H](C(=O)O)C1(C)C. The van der Waals surface area contributed by atoms with Gasteiger partial charge in [0.15, 0.2) is 0 Å². The fourth-order valence-electron chi connectivity index (χ4n) is 2.14. The van der Waals surface area contributed by atoms with E-state index in [0.717, 1.165) is 0 Å². The van der Waals surface area contributed by atoms with Gasteiger partial charge in [0.2, 0.25) is 5.91 Å². The summed E-state index contributed by atoms with van der Waals surface area (Å²) in [6.45, 7) is 4.60. The molecular formula is C11H19NO4. The molecule has 0 heterocycles. The first-order valence-electron chi connectivity index (χ1n) is 5.30. The second-order valence-electron chi connectivity index (χ2n) is 4.87. The van der Waals surface area contributed by atoms with E-state index in [0.29, 0.717) is 13.2 Å². The molecule has 0 saturated heterocycles. The number of carbonyl (C=O) groups excluding carboxylic acids is 1. The van der Waals surface area contributed by atoms with E-state index in [4.69, 9.17) is 9.84 Å². The van der Waals surface area contributed by atoms with Gasteiger partial charge in [-0.3, -0.25) is 9.59 Å². The summed E-state index contributed by atoms with van der Waals surface area (Å²) >= 11 is 0. The number of rotatable bonds is 5. The van der Waals surface area contributed by atoms with E-state index in [1.165, 1.54) is 0 Å². The molecule has 1 saturated carbocycles. The van der Waals surface area contributed by atoms with Crippen LogP contribution in [0.1, 0.15) is 13.8 Å². The summed E-state index contributed by atoms with van der Waals surface area (Å²) in [7, 11) is 3.24. The van der Waals surface area contributed by atoms with Gasteiger partial charge in [0.05, 0.1) is 18.4 Å². The van der Waals surface area contributed by atoms with Crippen LogP contribution >= 0.6 is 0 Å². The molecule has 0 aromatic rings. The topological polar surface area (TPSA) is 66.8 Å². The molecule has 5 heteroatoms. The third-order valence-corrected chi connectivity index (χ3v) is 3.37. The Bertz CT molecular complexity index is 300. The van der Waals surface area contributed by atoms with Gasteiger partial charge in [-0.05, 0) is 5.41 Å². The standard InChI is InChI=1S/C11H19NO4/c1-11(2)7(8(11)10(14)15)9(13)12(3)5-6-16-4/h7-8H,5-6H2,1-4H3,(H,14,15)/t7-,8+/m1/s1. The second-order valence-corrected chi connectivity index (χ2v) is 4.87. The van der Waals surface area contributed by atoms with Crippen molar-refractivity contribution in [3.05, 3.63) is 0 Å². The minimum atomic E-state index is -0.886. The highest BCUT2D eigenvalue weighted by Crippen LogP contribution is 2.58. The molecule has 16 heavy (non-hydrogen) atoms. The number of hydrogen-bond acceptors (Lipinski definition) is 3. The molecule has 0 aromatic carbocycles. The van der Waals surface area contributed by atoms with Gasteiger partial charge >= 0.3 is 5.97 Å². The van der Waals surface area contributed by atoms with Gasteiger partial charge in [0, 0.05) is 20.7 Å². The summed E-state index contributed by atoms with van der Waals surface area (Å²) in [6.07, 6.45) is 0. The Morgan fingerprint density at radius 2 is 1.94 bits per heavy atom. The summed E-state index contributed by atoms with van der Waals surface area (Å²) in [5, 5.41) is 8.97. The first-order chi connectivity index (χ1) is 7.34. The molecule has 1 amide bonds. The van der Waals surface area contributed by atoms with Gasteiger partial charge < -0.3 is 14.7 Å². The van der Waals surface area contributed by atoms with E-state index in [1.807, 2.05) is 13.8 Å². The number of carboxylic acids is 1. The summed E-state index contributed by atoms with van der Waals surface area (Å²) in [5.41, 5.74) is -0.426. The van der Waals surface area contributed by atoms with E-state index in [9.17, 15) is 9.59 Å². The van der Waals surface area contributed by atoms with Crippen LogP contribution in [0.25, 0.3) is 0 Å². The van der Waals surface area contributed by atoms with Gasteiger partial charge in [0.25, 0.3) is 0 Å². The Morgan fingerprint density at radius 3 is 2.31 bits per heavy atom. The Hall–Kier alpha value is -1.10. The van der Waals surface area contributed by atoms with E-state index in [1.54, 1.807) is 19.1 Å². The molecule has 92 valence electrons. The van der Waals surface area contributed by atoms with E-state index in [2.05, 4.69) is 0 Å². The molecule has 1 fully saturated rings. The number of hydrogen-bond donors (Lipinski definition) is 1. The molecule has 5 nitrogen and oxygen atoms in total. The van der Waals surface area contributed by atoms with Crippen molar-refractivity contribution in [3.8, 4) is 0 Å². The number of likely N-dealkylation sites (N-methyl/N-ethyl adjacent to an activating group) is 1. The molecule has 1 aliphatic rings. The Labute approximate surface area is 95.4 Å². The number of nitrogens with zero attached hydrogens (tertiary/aromatic N) is 1. The van der Waals surface area contributed by atoms with Crippen LogP contribution in [0.15, 0.2) is 0 Å². The van der Waals surface area contributed by atoms with Crippen molar-refractivity contribution in [2.75, 3.05) is 27.3 Å². The lowest BCUT2D eigenvalue weighted by molar-refractivity contribution is -0.141. The third kappa shape index (κ3) is 2.19. The molecule has 0 bridgehead atoms. The average molecular weight is 229 g/mol. The van der Waals surface area contributed by atoms with Crippen molar-refractivity contribution in [2.45, 2.75) is 13.8 Å². The summed E-state index contributed by atoms with van der Waals surface area (Å²) in [4.78, 5) is 24.4. The lowest BCUT2D eigenvalue weighted by Gasteiger charge is -2.17. The number of aliphatic carboxylic acids is 1. The first kappa shape index (κ1) is 13.0.